The van der Waals surface area contributed by atoms with E-state index < -0.39 is 6.09 Å². The lowest BCUT2D eigenvalue weighted by Gasteiger charge is -2.06. The third-order valence-corrected chi connectivity index (χ3v) is 6.09. The number of aromatic nitrogens is 2. The Morgan fingerprint density at radius 3 is 2.83 bits per heavy atom. The molecule has 148 valence electrons. The molecule has 0 aliphatic carbocycles. The summed E-state index contributed by atoms with van der Waals surface area (Å²) < 4.78 is 7.46. The van der Waals surface area contributed by atoms with Crippen molar-refractivity contribution in [2.45, 2.75) is 20.5 Å². The van der Waals surface area contributed by atoms with Crippen LogP contribution >= 0.6 is 22.9 Å². The van der Waals surface area contributed by atoms with Crippen LogP contribution in [0.5, 0.6) is 0 Å². The van der Waals surface area contributed by atoms with Crippen molar-refractivity contribution >= 4 is 44.9 Å². The van der Waals surface area contributed by atoms with Crippen LogP contribution in [0.1, 0.15) is 16.8 Å². The monoisotopic (exact) mass is 425 g/mol. The van der Waals surface area contributed by atoms with Crippen molar-refractivity contribution in [2.75, 3.05) is 5.32 Å². The summed E-state index contributed by atoms with van der Waals surface area (Å²) in [5, 5.41) is 6.13. The van der Waals surface area contributed by atoms with Crippen LogP contribution in [0.15, 0.2) is 48.7 Å². The molecule has 29 heavy (non-hydrogen) atoms. The molecule has 1 amide bonds. The lowest BCUT2D eigenvalue weighted by Crippen LogP contribution is -2.13. The second-order valence-electron chi connectivity index (χ2n) is 6.91. The van der Waals surface area contributed by atoms with Crippen molar-refractivity contribution < 1.29 is 9.53 Å². The highest BCUT2D eigenvalue weighted by molar-refractivity contribution is 7.19. The fourth-order valence-electron chi connectivity index (χ4n) is 3.19. The van der Waals surface area contributed by atoms with Crippen molar-refractivity contribution in [2.24, 2.45) is 7.05 Å². The van der Waals surface area contributed by atoms with Gasteiger partial charge in [-0.2, -0.15) is 0 Å². The summed E-state index contributed by atoms with van der Waals surface area (Å²) in [6.07, 6.45) is 1.51. The Bertz CT molecular complexity index is 1210. The number of anilines is 1. The summed E-state index contributed by atoms with van der Waals surface area (Å²) in [6, 6.07) is 13.7. The number of benzene rings is 2. The van der Waals surface area contributed by atoms with Crippen molar-refractivity contribution in [1.29, 1.82) is 0 Å². The summed E-state index contributed by atoms with van der Waals surface area (Å²) in [5.41, 5.74) is 4.87. The van der Waals surface area contributed by atoms with Crippen molar-refractivity contribution in [3.63, 3.8) is 0 Å². The number of hydrogen-bond acceptors (Lipinski definition) is 4. The Morgan fingerprint density at radius 1 is 1.21 bits per heavy atom. The van der Waals surface area contributed by atoms with E-state index >= 15 is 0 Å². The van der Waals surface area contributed by atoms with Gasteiger partial charge in [-0.15, -0.1) is 0 Å². The molecule has 4 aromatic rings. The SMILES string of the molecule is Cc1cc(Cl)ccc1-c1nc(C)c(NC(=O)OCc2ccc3c(ccn3C)c2)s1. The molecule has 0 bridgehead atoms. The van der Waals surface area contributed by atoms with Crippen LogP contribution in [-0.2, 0) is 18.4 Å². The fourth-order valence-corrected chi connectivity index (χ4v) is 4.46. The molecule has 0 saturated heterocycles. The molecule has 0 fully saturated rings. The van der Waals surface area contributed by atoms with Gasteiger partial charge in [0.2, 0.25) is 0 Å². The number of nitrogens with zero attached hydrogens (tertiary/aromatic N) is 2. The second-order valence-corrected chi connectivity index (χ2v) is 8.35. The third-order valence-electron chi connectivity index (χ3n) is 4.75. The zero-order valence-electron chi connectivity index (χ0n) is 16.3. The lowest BCUT2D eigenvalue weighted by atomic mass is 10.1. The highest BCUT2D eigenvalue weighted by Gasteiger charge is 2.14. The van der Waals surface area contributed by atoms with Gasteiger partial charge in [0.1, 0.15) is 16.6 Å². The molecule has 5 nitrogen and oxygen atoms in total. The first-order chi connectivity index (χ1) is 13.9. The van der Waals surface area contributed by atoms with Gasteiger partial charge in [-0.3, -0.25) is 5.32 Å². The molecular formula is C22H20ClN3O2S. The van der Waals surface area contributed by atoms with E-state index in [0.717, 1.165) is 38.3 Å². The van der Waals surface area contributed by atoms with Gasteiger partial charge >= 0.3 is 6.09 Å². The van der Waals surface area contributed by atoms with E-state index in [1.54, 1.807) is 0 Å². The van der Waals surface area contributed by atoms with Gasteiger partial charge in [0.15, 0.2) is 0 Å². The van der Waals surface area contributed by atoms with Gasteiger partial charge in [0.05, 0.1) is 5.69 Å². The van der Waals surface area contributed by atoms with Crippen LogP contribution in [0.25, 0.3) is 21.5 Å². The van der Waals surface area contributed by atoms with Crippen LogP contribution in [0, 0.1) is 13.8 Å². The average Bonchev–Trinajstić information content (AvgIpc) is 3.23. The molecule has 2 aromatic heterocycles. The first-order valence-corrected chi connectivity index (χ1v) is 10.3. The van der Waals surface area contributed by atoms with E-state index in [0.29, 0.717) is 10.0 Å². The van der Waals surface area contributed by atoms with Gasteiger partial charge in [0.25, 0.3) is 0 Å². The zero-order valence-corrected chi connectivity index (χ0v) is 17.9. The molecule has 1 N–H and O–H groups in total. The topological polar surface area (TPSA) is 56.1 Å². The number of aryl methyl sites for hydroxylation is 3. The Hall–Kier alpha value is -2.83. The number of halogens is 1. The molecule has 7 heteroatoms. The minimum absolute atomic E-state index is 0.206. The smallest absolute Gasteiger partial charge is 0.412 e. The average molecular weight is 426 g/mol. The molecule has 0 aliphatic heterocycles. The molecule has 0 spiro atoms. The molecule has 0 aliphatic rings. The Morgan fingerprint density at radius 2 is 2.03 bits per heavy atom. The van der Waals surface area contributed by atoms with Crippen molar-refractivity contribution in [3.8, 4) is 10.6 Å². The molecule has 2 heterocycles. The van der Waals surface area contributed by atoms with Crippen molar-refractivity contribution in [3.05, 3.63) is 70.5 Å². The van der Waals surface area contributed by atoms with Crippen LogP contribution in [0.3, 0.4) is 0 Å². The molecule has 2 aromatic carbocycles. The number of carbonyl (C=O) groups is 1. The van der Waals surface area contributed by atoms with E-state index in [9.17, 15) is 4.79 Å². The number of hydrogen-bond donors (Lipinski definition) is 1. The summed E-state index contributed by atoms with van der Waals surface area (Å²) in [4.78, 5) is 16.9. The highest BCUT2D eigenvalue weighted by Crippen LogP contribution is 2.34. The first-order valence-electron chi connectivity index (χ1n) is 9.12. The van der Waals surface area contributed by atoms with Crippen LogP contribution in [-0.4, -0.2) is 15.6 Å². The number of rotatable bonds is 4. The van der Waals surface area contributed by atoms with Crippen LogP contribution in [0.4, 0.5) is 9.80 Å². The summed E-state index contributed by atoms with van der Waals surface area (Å²) in [6.45, 7) is 4.06. The second kappa shape index (κ2) is 7.89. The maximum absolute atomic E-state index is 12.3. The van der Waals surface area contributed by atoms with Crippen LogP contribution in [0.2, 0.25) is 5.02 Å². The molecule has 0 radical (unpaired) electrons. The Kier molecular flexibility index (Phi) is 5.30. The number of carbonyl (C=O) groups excluding carboxylic acids is 1. The maximum atomic E-state index is 12.3. The van der Waals surface area contributed by atoms with Crippen LogP contribution < -0.4 is 5.32 Å². The predicted octanol–water partition coefficient (Wildman–Crippen LogP) is 6.32. The van der Waals surface area contributed by atoms with Gasteiger partial charge < -0.3 is 9.30 Å². The minimum Gasteiger partial charge on any atom is -0.444 e. The third kappa shape index (κ3) is 4.13. The molecular weight excluding hydrogens is 406 g/mol. The van der Waals surface area contributed by atoms with Crippen molar-refractivity contribution in [1.82, 2.24) is 9.55 Å². The number of thiazole rings is 1. The van der Waals surface area contributed by atoms with Gasteiger partial charge in [-0.05, 0) is 60.7 Å². The molecule has 0 atom stereocenters. The standard InChI is InChI=1S/C22H20ClN3O2S/c1-13-10-17(23)5-6-18(13)21-24-14(2)20(29-21)25-22(27)28-12-15-4-7-19-16(11-15)8-9-26(19)3/h4-11H,12H2,1-3H3,(H,25,27). The van der Waals surface area contributed by atoms with Gasteiger partial charge in [-0.1, -0.05) is 35.1 Å². The maximum Gasteiger partial charge on any atom is 0.412 e. The molecule has 0 unspecified atom stereocenters. The fraction of sp³-hybridized carbons (Fsp3) is 0.182. The normalized spacial score (nSPS) is 11.0. The van der Waals surface area contributed by atoms with Gasteiger partial charge in [0, 0.05) is 29.3 Å². The number of nitrogens with one attached hydrogen (secondary N) is 1. The molecule has 4 rings (SSSR count). The number of fused-ring (bicyclic) bond motifs is 1. The number of amides is 1. The van der Waals surface area contributed by atoms with Gasteiger partial charge in [-0.25, -0.2) is 9.78 Å². The summed E-state index contributed by atoms with van der Waals surface area (Å²) >= 11 is 7.45. The van der Waals surface area contributed by atoms with E-state index in [2.05, 4.69) is 14.9 Å². The number of ether oxygens (including phenoxy) is 1. The molecule has 0 saturated carbocycles. The van der Waals surface area contributed by atoms with E-state index in [-0.39, 0.29) is 6.61 Å². The minimum atomic E-state index is -0.496. The predicted molar refractivity (Wildman–Crippen MR) is 119 cm³/mol. The Labute approximate surface area is 177 Å². The summed E-state index contributed by atoms with van der Waals surface area (Å²) in [5.74, 6) is 0. The first kappa shape index (κ1) is 19.5. The zero-order chi connectivity index (χ0) is 20.5. The quantitative estimate of drug-likeness (QED) is 0.416. The summed E-state index contributed by atoms with van der Waals surface area (Å²) in [7, 11) is 2.00. The Balaban J connectivity index is 1.43. The highest BCUT2D eigenvalue weighted by atomic mass is 35.5. The largest absolute Gasteiger partial charge is 0.444 e. The lowest BCUT2D eigenvalue weighted by molar-refractivity contribution is 0.155. The van der Waals surface area contributed by atoms with E-state index in [1.807, 2.05) is 69.6 Å². The van der Waals surface area contributed by atoms with E-state index in [1.165, 1.54) is 11.3 Å². The van der Waals surface area contributed by atoms with E-state index in [4.69, 9.17) is 16.3 Å².